The summed E-state index contributed by atoms with van der Waals surface area (Å²) in [4.78, 5) is 0. The quantitative estimate of drug-likeness (QED) is 0.602. The van der Waals surface area contributed by atoms with Crippen LogP contribution in [0.1, 0.15) is 19.8 Å². The molecule has 1 heteroatoms. The third-order valence-electron chi connectivity index (χ3n) is 2.86. The molecule has 0 aromatic heterocycles. The van der Waals surface area contributed by atoms with Crippen LogP contribution in [0.15, 0.2) is 23.9 Å². The summed E-state index contributed by atoms with van der Waals surface area (Å²) in [5, 5.41) is 3.47. The van der Waals surface area contributed by atoms with Crippen LogP contribution >= 0.6 is 0 Å². The summed E-state index contributed by atoms with van der Waals surface area (Å²) in [6.07, 6.45) is 9.23. The Hall–Kier alpha value is -0.720. The lowest BCUT2D eigenvalue weighted by Crippen LogP contribution is -2.10. The summed E-state index contributed by atoms with van der Waals surface area (Å²) >= 11 is 0. The smallest absolute Gasteiger partial charge is 0.0178 e. The molecule has 0 radical (unpaired) electrons. The molecule has 1 fully saturated rings. The van der Waals surface area contributed by atoms with E-state index in [9.17, 15) is 0 Å². The highest BCUT2D eigenvalue weighted by Gasteiger charge is 2.29. The predicted molar refractivity (Wildman–Crippen MR) is 47.1 cm³/mol. The maximum atomic E-state index is 3.47. The Balaban J connectivity index is 2.15. The third kappa shape index (κ3) is 1.09. The molecule has 2 unspecified atom stereocenters. The standard InChI is InChI=1S/C10H15N/c1-2-8-7-11-10-6-4-3-5-9(8)10/h3-4,6,8-9,11H,2,5,7H2,1H3. The van der Waals surface area contributed by atoms with Gasteiger partial charge in [0.1, 0.15) is 0 Å². The van der Waals surface area contributed by atoms with Gasteiger partial charge in [0, 0.05) is 18.2 Å². The normalized spacial score (nSPS) is 34.5. The molecule has 2 atom stereocenters. The minimum atomic E-state index is 0.810. The van der Waals surface area contributed by atoms with Gasteiger partial charge < -0.3 is 5.32 Å². The molecule has 11 heavy (non-hydrogen) atoms. The lowest BCUT2D eigenvalue weighted by molar-refractivity contribution is 0.430. The fourth-order valence-electron chi connectivity index (χ4n) is 2.10. The number of hydrogen-bond donors (Lipinski definition) is 1. The van der Waals surface area contributed by atoms with Crippen molar-refractivity contribution in [2.45, 2.75) is 19.8 Å². The molecule has 0 amide bonds. The average molecular weight is 149 g/mol. The highest BCUT2D eigenvalue weighted by molar-refractivity contribution is 5.23. The minimum absolute atomic E-state index is 0.810. The summed E-state index contributed by atoms with van der Waals surface area (Å²) in [6, 6.07) is 0. The predicted octanol–water partition coefficient (Wildman–Crippen LogP) is 2.08. The Morgan fingerprint density at radius 2 is 2.55 bits per heavy atom. The highest BCUT2D eigenvalue weighted by Crippen LogP contribution is 2.32. The first-order valence-electron chi connectivity index (χ1n) is 4.52. The van der Waals surface area contributed by atoms with Crippen molar-refractivity contribution in [1.29, 1.82) is 0 Å². The van der Waals surface area contributed by atoms with E-state index in [1.807, 2.05) is 0 Å². The van der Waals surface area contributed by atoms with Gasteiger partial charge in [-0.1, -0.05) is 25.5 Å². The van der Waals surface area contributed by atoms with Gasteiger partial charge in [-0.25, -0.2) is 0 Å². The molecule has 2 aliphatic rings. The fraction of sp³-hybridized carbons (Fsp3) is 0.600. The zero-order valence-electron chi connectivity index (χ0n) is 7.01. The van der Waals surface area contributed by atoms with Crippen LogP contribution in [0.4, 0.5) is 0 Å². The van der Waals surface area contributed by atoms with E-state index in [2.05, 4.69) is 30.5 Å². The summed E-state index contributed by atoms with van der Waals surface area (Å²) in [7, 11) is 0. The fourth-order valence-corrected chi connectivity index (χ4v) is 2.10. The van der Waals surface area contributed by atoms with Crippen molar-refractivity contribution in [3.8, 4) is 0 Å². The van der Waals surface area contributed by atoms with Gasteiger partial charge in [0.25, 0.3) is 0 Å². The Kier molecular flexibility index (Phi) is 1.72. The molecule has 1 aliphatic carbocycles. The van der Waals surface area contributed by atoms with Gasteiger partial charge in [0.2, 0.25) is 0 Å². The molecule has 0 saturated carbocycles. The van der Waals surface area contributed by atoms with Gasteiger partial charge in [-0.2, -0.15) is 0 Å². The minimum Gasteiger partial charge on any atom is -0.388 e. The maximum absolute atomic E-state index is 3.47. The van der Waals surface area contributed by atoms with E-state index in [0.29, 0.717) is 0 Å². The number of fused-ring (bicyclic) bond motifs is 1. The van der Waals surface area contributed by atoms with Gasteiger partial charge in [0.15, 0.2) is 0 Å². The second kappa shape index (κ2) is 2.72. The number of rotatable bonds is 1. The lowest BCUT2D eigenvalue weighted by Gasteiger charge is -2.17. The van der Waals surface area contributed by atoms with E-state index in [1.54, 1.807) is 0 Å². The number of nitrogens with one attached hydrogen (secondary N) is 1. The van der Waals surface area contributed by atoms with Gasteiger partial charge in [-0.15, -0.1) is 0 Å². The molecule has 0 spiro atoms. The molecular formula is C10H15N. The largest absolute Gasteiger partial charge is 0.388 e. The second-order valence-electron chi connectivity index (χ2n) is 3.44. The van der Waals surface area contributed by atoms with Crippen molar-refractivity contribution < 1.29 is 0 Å². The van der Waals surface area contributed by atoms with Crippen molar-refractivity contribution in [1.82, 2.24) is 5.32 Å². The topological polar surface area (TPSA) is 12.0 Å². The Morgan fingerprint density at radius 1 is 1.64 bits per heavy atom. The zero-order valence-corrected chi connectivity index (χ0v) is 7.01. The molecule has 1 heterocycles. The van der Waals surface area contributed by atoms with Crippen molar-refractivity contribution in [3.05, 3.63) is 23.9 Å². The molecule has 2 rings (SSSR count). The van der Waals surface area contributed by atoms with Crippen LogP contribution in [-0.4, -0.2) is 6.54 Å². The van der Waals surface area contributed by atoms with Crippen LogP contribution in [0.2, 0.25) is 0 Å². The van der Waals surface area contributed by atoms with Crippen molar-refractivity contribution >= 4 is 0 Å². The Bertz CT molecular complexity index is 203. The Labute approximate surface area is 68.2 Å². The van der Waals surface area contributed by atoms with Crippen molar-refractivity contribution in [3.63, 3.8) is 0 Å². The molecule has 1 saturated heterocycles. The average Bonchev–Trinajstić information content (AvgIpc) is 2.47. The molecule has 0 aromatic carbocycles. The monoisotopic (exact) mass is 149 g/mol. The van der Waals surface area contributed by atoms with E-state index in [4.69, 9.17) is 0 Å². The number of allylic oxidation sites excluding steroid dienone is 4. The Morgan fingerprint density at radius 3 is 3.36 bits per heavy atom. The zero-order chi connectivity index (χ0) is 7.68. The summed E-state index contributed by atoms with van der Waals surface area (Å²) in [5.41, 5.74) is 1.47. The van der Waals surface area contributed by atoms with Gasteiger partial charge in [-0.05, 0) is 18.4 Å². The first-order chi connectivity index (χ1) is 5.42. The molecule has 0 bridgehead atoms. The SMILES string of the molecule is CCC1CNC2=CC=CCC21. The van der Waals surface area contributed by atoms with Crippen LogP contribution in [-0.2, 0) is 0 Å². The molecule has 1 N–H and O–H groups in total. The van der Waals surface area contributed by atoms with E-state index in [0.717, 1.165) is 11.8 Å². The maximum Gasteiger partial charge on any atom is 0.0178 e. The molecule has 60 valence electrons. The van der Waals surface area contributed by atoms with Crippen LogP contribution in [0.5, 0.6) is 0 Å². The molecule has 1 nitrogen and oxygen atoms in total. The highest BCUT2D eigenvalue weighted by atomic mass is 14.9. The van der Waals surface area contributed by atoms with Crippen molar-refractivity contribution in [2.24, 2.45) is 11.8 Å². The first-order valence-corrected chi connectivity index (χ1v) is 4.52. The van der Waals surface area contributed by atoms with E-state index in [1.165, 1.54) is 25.1 Å². The summed E-state index contributed by atoms with van der Waals surface area (Å²) in [5.74, 6) is 1.69. The van der Waals surface area contributed by atoms with Crippen molar-refractivity contribution in [2.75, 3.05) is 6.54 Å². The van der Waals surface area contributed by atoms with Gasteiger partial charge in [0.05, 0.1) is 0 Å². The van der Waals surface area contributed by atoms with E-state index in [-0.39, 0.29) is 0 Å². The van der Waals surface area contributed by atoms with Crippen LogP contribution in [0.3, 0.4) is 0 Å². The van der Waals surface area contributed by atoms with Gasteiger partial charge >= 0.3 is 0 Å². The van der Waals surface area contributed by atoms with E-state index >= 15 is 0 Å². The van der Waals surface area contributed by atoms with E-state index < -0.39 is 0 Å². The molecule has 0 aromatic rings. The summed E-state index contributed by atoms with van der Waals surface area (Å²) in [6.45, 7) is 3.47. The van der Waals surface area contributed by atoms with Crippen LogP contribution < -0.4 is 5.32 Å². The molecule has 1 aliphatic heterocycles. The first kappa shape index (κ1) is 6.96. The third-order valence-corrected chi connectivity index (χ3v) is 2.86. The molecular weight excluding hydrogens is 134 g/mol. The van der Waals surface area contributed by atoms with Crippen LogP contribution in [0.25, 0.3) is 0 Å². The van der Waals surface area contributed by atoms with Crippen LogP contribution in [0, 0.1) is 11.8 Å². The second-order valence-corrected chi connectivity index (χ2v) is 3.44. The summed E-state index contributed by atoms with van der Waals surface area (Å²) < 4.78 is 0. The lowest BCUT2D eigenvalue weighted by atomic mass is 9.87. The number of hydrogen-bond acceptors (Lipinski definition) is 1. The van der Waals surface area contributed by atoms with Gasteiger partial charge in [-0.3, -0.25) is 0 Å².